The Morgan fingerprint density at radius 3 is 1.60 bits per heavy atom. The Bertz CT molecular complexity index is 305. The van der Waals surface area contributed by atoms with Crippen LogP contribution in [-0.4, -0.2) is 41.8 Å². The van der Waals surface area contributed by atoms with Crippen LogP contribution in [0.4, 0.5) is 4.79 Å². The lowest BCUT2D eigenvalue weighted by molar-refractivity contribution is -0.767. The van der Waals surface area contributed by atoms with Crippen molar-refractivity contribution < 1.29 is 34.1 Å². The molecular formula is C9H16N2O9. The lowest BCUT2D eigenvalue weighted by Crippen LogP contribution is -2.19. The van der Waals surface area contributed by atoms with Gasteiger partial charge in [-0.15, -0.1) is 20.2 Å². The lowest BCUT2D eigenvalue weighted by atomic mass is 10.3. The third-order valence-corrected chi connectivity index (χ3v) is 2.02. The summed E-state index contributed by atoms with van der Waals surface area (Å²) < 4.78 is 9.24. The largest absolute Gasteiger partial charge is 0.508 e. The standard InChI is InChI=1S/C9H16N2O9/c1-7(19-10(13)14)3-5-17-9(12)18-6-4-8(2)20-11(15)16/h7-8H,3-6H2,1-2H3. The lowest BCUT2D eigenvalue weighted by Gasteiger charge is -2.11. The van der Waals surface area contributed by atoms with E-state index in [1.807, 2.05) is 0 Å². The Labute approximate surface area is 113 Å². The van der Waals surface area contributed by atoms with Gasteiger partial charge in [-0.2, -0.15) is 0 Å². The number of rotatable bonds is 10. The molecule has 0 spiro atoms. The summed E-state index contributed by atoms with van der Waals surface area (Å²) in [5.41, 5.74) is 0. The Morgan fingerprint density at radius 2 is 1.30 bits per heavy atom. The minimum atomic E-state index is -0.966. The van der Waals surface area contributed by atoms with E-state index in [1.165, 1.54) is 13.8 Å². The third kappa shape index (κ3) is 10.8. The zero-order valence-corrected chi connectivity index (χ0v) is 11.1. The first-order chi connectivity index (χ1) is 9.31. The first-order valence-electron chi connectivity index (χ1n) is 5.73. The highest BCUT2D eigenvalue weighted by molar-refractivity contribution is 5.59. The van der Waals surface area contributed by atoms with Gasteiger partial charge in [-0.05, 0) is 13.8 Å². The molecule has 0 aromatic rings. The van der Waals surface area contributed by atoms with Gasteiger partial charge in [-0.25, -0.2) is 4.79 Å². The van der Waals surface area contributed by atoms with Gasteiger partial charge in [0.15, 0.2) is 0 Å². The molecule has 0 aliphatic rings. The van der Waals surface area contributed by atoms with Crippen molar-refractivity contribution in [1.29, 1.82) is 0 Å². The smallest absolute Gasteiger partial charge is 0.434 e. The van der Waals surface area contributed by atoms with Crippen molar-refractivity contribution in [1.82, 2.24) is 0 Å². The predicted molar refractivity (Wildman–Crippen MR) is 61.6 cm³/mol. The fraction of sp³-hybridized carbons (Fsp3) is 0.889. The van der Waals surface area contributed by atoms with Gasteiger partial charge in [0.25, 0.3) is 10.2 Å². The molecule has 0 rings (SSSR count). The summed E-state index contributed by atoms with van der Waals surface area (Å²) in [7, 11) is 0. The van der Waals surface area contributed by atoms with Gasteiger partial charge in [-0.1, -0.05) is 0 Å². The van der Waals surface area contributed by atoms with E-state index in [0.29, 0.717) is 0 Å². The summed E-state index contributed by atoms with van der Waals surface area (Å²) in [6.07, 6.45) is -2.10. The summed E-state index contributed by atoms with van der Waals surface area (Å²) in [6, 6.07) is 0. The minimum absolute atomic E-state index is 0.102. The molecule has 11 heteroatoms. The van der Waals surface area contributed by atoms with Crippen molar-refractivity contribution in [2.45, 2.75) is 38.9 Å². The Balaban J connectivity index is 3.59. The second-order valence-corrected chi connectivity index (χ2v) is 3.80. The molecule has 0 radical (unpaired) electrons. The minimum Gasteiger partial charge on any atom is -0.434 e. The highest BCUT2D eigenvalue weighted by Crippen LogP contribution is 2.01. The summed E-state index contributed by atoms with van der Waals surface area (Å²) in [4.78, 5) is 39.4. The molecule has 0 aromatic carbocycles. The van der Waals surface area contributed by atoms with Crippen molar-refractivity contribution >= 4 is 6.16 Å². The van der Waals surface area contributed by atoms with Crippen LogP contribution in [0.15, 0.2) is 0 Å². The molecule has 11 nitrogen and oxygen atoms in total. The molecule has 2 unspecified atom stereocenters. The van der Waals surface area contributed by atoms with Gasteiger partial charge in [-0.3, -0.25) is 0 Å². The number of carbonyl (C=O) groups is 1. The highest BCUT2D eigenvalue weighted by Gasteiger charge is 2.11. The van der Waals surface area contributed by atoms with Crippen molar-refractivity contribution in [3.05, 3.63) is 20.2 Å². The zero-order valence-electron chi connectivity index (χ0n) is 11.1. The number of ether oxygens (including phenoxy) is 2. The SMILES string of the molecule is CC(CCOC(=O)OCCC(C)O[N+](=O)[O-])O[N+](=O)[O-]. The molecule has 20 heavy (non-hydrogen) atoms. The molecule has 0 saturated heterocycles. The number of hydrogen-bond acceptors (Lipinski definition) is 9. The molecule has 0 heterocycles. The van der Waals surface area contributed by atoms with Crippen LogP contribution >= 0.6 is 0 Å². The molecule has 0 aliphatic heterocycles. The van der Waals surface area contributed by atoms with Gasteiger partial charge in [0, 0.05) is 12.8 Å². The van der Waals surface area contributed by atoms with Crippen LogP contribution in [0.5, 0.6) is 0 Å². The molecule has 0 aromatic heterocycles. The first kappa shape index (κ1) is 17.7. The molecule has 0 aliphatic carbocycles. The maximum absolute atomic E-state index is 11.1. The fourth-order valence-corrected chi connectivity index (χ4v) is 1.06. The average Bonchev–Trinajstić information content (AvgIpc) is 2.26. The van der Waals surface area contributed by atoms with Crippen LogP contribution in [0.25, 0.3) is 0 Å². The van der Waals surface area contributed by atoms with Crippen molar-refractivity contribution in [2.75, 3.05) is 13.2 Å². The van der Waals surface area contributed by atoms with Crippen molar-refractivity contribution in [3.63, 3.8) is 0 Å². The normalized spacial score (nSPS) is 12.9. The Kier molecular flexibility index (Phi) is 8.46. The molecule has 116 valence electrons. The maximum Gasteiger partial charge on any atom is 0.508 e. The van der Waals surface area contributed by atoms with E-state index in [-0.39, 0.29) is 26.1 Å². The Morgan fingerprint density at radius 1 is 0.950 bits per heavy atom. The quantitative estimate of drug-likeness (QED) is 0.329. The van der Waals surface area contributed by atoms with E-state index >= 15 is 0 Å². The second-order valence-electron chi connectivity index (χ2n) is 3.80. The Hall–Kier alpha value is -2.33. The van der Waals surface area contributed by atoms with E-state index in [4.69, 9.17) is 0 Å². The first-order valence-corrected chi connectivity index (χ1v) is 5.73. The molecule has 0 N–H and O–H groups in total. The number of hydrogen-bond donors (Lipinski definition) is 0. The van der Waals surface area contributed by atoms with E-state index in [1.54, 1.807) is 0 Å². The zero-order chi connectivity index (χ0) is 15.5. The van der Waals surface area contributed by atoms with E-state index in [9.17, 15) is 25.0 Å². The molecule has 0 fully saturated rings. The van der Waals surface area contributed by atoms with Crippen LogP contribution in [0.3, 0.4) is 0 Å². The summed E-state index contributed by atoms with van der Waals surface area (Å²) in [5, 5.41) is 18.1. The monoisotopic (exact) mass is 296 g/mol. The summed E-state index contributed by atoms with van der Waals surface area (Å²) >= 11 is 0. The van der Waals surface area contributed by atoms with Crippen LogP contribution in [0.1, 0.15) is 26.7 Å². The molecule has 0 bridgehead atoms. The number of carbonyl (C=O) groups excluding carboxylic acids is 1. The molecule has 0 saturated carbocycles. The van der Waals surface area contributed by atoms with Gasteiger partial charge in [0.1, 0.15) is 12.2 Å². The van der Waals surface area contributed by atoms with Gasteiger partial charge in [0.05, 0.1) is 13.2 Å². The van der Waals surface area contributed by atoms with Gasteiger partial charge >= 0.3 is 6.16 Å². The average molecular weight is 296 g/mol. The number of nitrogens with zero attached hydrogens (tertiary/aromatic N) is 2. The molecule has 0 amide bonds. The maximum atomic E-state index is 11.1. The topological polar surface area (TPSA) is 140 Å². The van der Waals surface area contributed by atoms with E-state index in [2.05, 4.69) is 19.1 Å². The van der Waals surface area contributed by atoms with Crippen molar-refractivity contribution in [3.8, 4) is 0 Å². The summed E-state index contributed by atoms with van der Waals surface area (Å²) in [6.45, 7) is 2.70. The van der Waals surface area contributed by atoms with Crippen LogP contribution in [0, 0.1) is 20.2 Å². The van der Waals surface area contributed by atoms with Crippen molar-refractivity contribution in [2.24, 2.45) is 0 Å². The van der Waals surface area contributed by atoms with Gasteiger partial charge in [0.2, 0.25) is 0 Å². The predicted octanol–water partition coefficient (Wildman–Crippen LogP) is 1.11. The highest BCUT2D eigenvalue weighted by atomic mass is 17.0. The van der Waals surface area contributed by atoms with Gasteiger partial charge < -0.3 is 19.1 Å². The van der Waals surface area contributed by atoms with E-state index in [0.717, 1.165) is 0 Å². The van der Waals surface area contributed by atoms with Crippen LogP contribution < -0.4 is 0 Å². The molecule has 2 atom stereocenters. The van der Waals surface area contributed by atoms with Crippen LogP contribution in [-0.2, 0) is 19.1 Å². The second kappa shape index (κ2) is 9.58. The van der Waals surface area contributed by atoms with E-state index < -0.39 is 28.5 Å². The third-order valence-electron chi connectivity index (χ3n) is 2.02. The van der Waals surface area contributed by atoms with Crippen LogP contribution in [0.2, 0.25) is 0 Å². The summed E-state index contributed by atoms with van der Waals surface area (Å²) in [5.74, 6) is 0. The molecular weight excluding hydrogens is 280 g/mol. The fourth-order valence-electron chi connectivity index (χ4n) is 1.06.